The van der Waals surface area contributed by atoms with Crippen molar-refractivity contribution in [2.45, 2.75) is 19.4 Å². The molecule has 1 aromatic carbocycles. The van der Waals surface area contributed by atoms with Crippen LogP contribution in [0.4, 0.5) is 5.69 Å². The van der Waals surface area contributed by atoms with E-state index >= 15 is 0 Å². The first kappa shape index (κ1) is 15.3. The van der Waals surface area contributed by atoms with E-state index in [1.807, 2.05) is 0 Å². The molecule has 1 aromatic heterocycles. The van der Waals surface area contributed by atoms with E-state index in [-0.39, 0.29) is 0 Å². The molecule has 22 heavy (non-hydrogen) atoms. The van der Waals surface area contributed by atoms with Crippen LogP contribution >= 0.6 is 0 Å². The zero-order valence-electron chi connectivity index (χ0n) is 13.9. The minimum Gasteiger partial charge on any atom is -0.384 e. The number of likely N-dealkylation sites (N-methyl/N-ethyl adjacent to an activating group) is 1. The van der Waals surface area contributed by atoms with E-state index in [2.05, 4.69) is 60.5 Å². The van der Waals surface area contributed by atoms with Crippen LogP contribution in [0.3, 0.4) is 0 Å². The summed E-state index contributed by atoms with van der Waals surface area (Å²) >= 11 is 0. The highest BCUT2D eigenvalue weighted by molar-refractivity contribution is 5.93. The van der Waals surface area contributed by atoms with Crippen molar-refractivity contribution in [1.82, 2.24) is 14.8 Å². The van der Waals surface area contributed by atoms with Gasteiger partial charge in [0.1, 0.15) is 0 Å². The Morgan fingerprint density at radius 1 is 1.27 bits per heavy atom. The maximum absolute atomic E-state index is 4.89. The summed E-state index contributed by atoms with van der Waals surface area (Å²) in [6.45, 7) is 4.20. The molecule has 3 rings (SSSR count). The van der Waals surface area contributed by atoms with Crippen LogP contribution in [0.25, 0.3) is 10.9 Å². The van der Waals surface area contributed by atoms with Gasteiger partial charge in [-0.3, -0.25) is 4.98 Å². The molecule has 1 N–H and O–H groups in total. The van der Waals surface area contributed by atoms with Crippen molar-refractivity contribution in [2.24, 2.45) is 0 Å². The van der Waals surface area contributed by atoms with Crippen molar-refractivity contribution in [2.75, 3.05) is 46.1 Å². The second-order valence-corrected chi connectivity index (χ2v) is 6.50. The van der Waals surface area contributed by atoms with Gasteiger partial charge in [0.15, 0.2) is 0 Å². The Hall–Kier alpha value is -1.65. The van der Waals surface area contributed by atoms with Gasteiger partial charge in [-0.25, -0.2) is 0 Å². The molecule has 0 atom stereocenters. The fourth-order valence-electron chi connectivity index (χ4n) is 3.14. The van der Waals surface area contributed by atoms with Crippen molar-refractivity contribution in [3.63, 3.8) is 0 Å². The van der Waals surface area contributed by atoms with Crippen LogP contribution in [0.5, 0.6) is 0 Å². The number of hydrogen-bond acceptors (Lipinski definition) is 4. The minimum atomic E-state index is 0.989. The first-order valence-corrected chi connectivity index (χ1v) is 8.13. The maximum Gasteiger partial charge on any atom is 0.0726 e. The molecule has 0 saturated heterocycles. The Balaban J connectivity index is 1.92. The van der Waals surface area contributed by atoms with Gasteiger partial charge in [-0.2, -0.15) is 0 Å². The molecule has 1 aliphatic heterocycles. The van der Waals surface area contributed by atoms with E-state index in [0.29, 0.717) is 0 Å². The van der Waals surface area contributed by atoms with Crippen LogP contribution < -0.4 is 5.32 Å². The van der Waals surface area contributed by atoms with Crippen molar-refractivity contribution in [1.29, 1.82) is 0 Å². The summed E-state index contributed by atoms with van der Waals surface area (Å²) < 4.78 is 0. The van der Waals surface area contributed by atoms with Crippen LogP contribution in [0.2, 0.25) is 0 Å². The van der Waals surface area contributed by atoms with Crippen molar-refractivity contribution >= 4 is 16.6 Å². The van der Waals surface area contributed by atoms with E-state index in [1.54, 1.807) is 0 Å². The third-order valence-corrected chi connectivity index (χ3v) is 4.32. The molecule has 1 aliphatic rings. The van der Waals surface area contributed by atoms with E-state index in [4.69, 9.17) is 4.98 Å². The molecule has 0 aliphatic carbocycles. The number of fused-ring (bicyclic) bond motifs is 2. The fourth-order valence-corrected chi connectivity index (χ4v) is 3.14. The maximum atomic E-state index is 4.89. The largest absolute Gasteiger partial charge is 0.384 e. The number of aromatic nitrogens is 1. The van der Waals surface area contributed by atoms with Gasteiger partial charge in [-0.15, -0.1) is 0 Å². The summed E-state index contributed by atoms with van der Waals surface area (Å²) in [5, 5.41) is 4.95. The summed E-state index contributed by atoms with van der Waals surface area (Å²) in [7, 11) is 6.44. The Morgan fingerprint density at radius 3 is 2.91 bits per heavy atom. The lowest BCUT2D eigenvalue weighted by atomic mass is 10.00. The van der Waals surface area contributed by atoms with Crippen LogP contribution in [0.1, 0.15) is 17.7 Å². The molecular formula is C18H26N4. The first-order chi connectivity index (χ1) is 10.6. The van der Waals surface area contributed by atoms with Crippen LogP contribution in [0.15, 0.2) is 24.3 Å². The predicted octanol–water partition coefficient (Wildman–Crippen LogP) is 2.59. The normalized spacial score (nSPS) is 15.3. The highest BCUT2D eigenvalue weighted by atomic mass is 15.1. The quantitative estimate of drug-likeness (QED) is 0.860. The van der Waals surface area contributed by atoms with Crippen LogP contribution in [0, 0.1) is 0 Å². The number of hydrogen-bond donors (Lipinski definition) is 1. The SMILES string of the molecule is CN(C)CCCNc1c2c(nc3ccccc13)CCN(C)C2. The van der Waals surface area contributed by atoms with Gasteiger partial charge in [0, 0.05) is 48.4 Å². The molecule has 0 bridgehead atoms. The molecular weight excluding hydrogens is 272 g/mol. The van der Waals surface area contributed by atoms with E-state index in [1.165, 1.54) is 22.3 Å². The van der Waals surface area contributed by atoms with E-state index < -0.39 is 0 Å². The smallest absolute Gasteiger partial charge is 0.0726 e. The third kappa shape index (κ3) is 3.23. The molecule has 2 aromatic rings. The fraction of sp³-hybridized carbons (Fsp3) is 0.500. The van der Waals surface area contributed by atoms with Gasteiger partial charge in [0.2, 0.25) is 0 Å². The summed E-state index contributed by atoms with van der Waals surface area (Å²) in [6.07, 6.45) is 2.19. The van der Waals surface area contributed by atoms with Gasteiger partial charge in [-0.1, -0.05) is 18.2 Å². The number of nitrogens with zero attached hydrogens (tertiary/aromatic N) is 3. The summed E-state index contributed by atoms with van der Waals surface area (Å²) in [5.41, 5.74) is 5.07. The van der Waals surface area contributed by atoms with Crippen molar-refractivity contribution < 1.29 is 0 Å². The van der Waals surface area contributed by atoms with Crippen LogP contribution in [-0.4, -0.2) is 55.6 Å². The Morgan fingerprint density at radius 2 is 2.09 bits per heavy atom. The van der Waals surface area contributed by atoms with Crippen molar-refractivity contribution in [3.8, 4) is 0 Å². The number of para-hydroxylation sites is 1. The van der Waals surface area contributed by atoms with E-state index in [0.717, 1.165) is 44.5 Å². The number of pyridine rings is 1. The van der Waals surface area contributed by atoms with Gasteiger partial charge in [0.05, 0.1) is 5.52 Å². The van der Waals surface area contributed by atoms with Gasteiger partial charge in [0.25, 0.3) is 0 Å². The standard InChI is InChI=1S/C18H26N4/c1-21(2)11-6-10-19-18-14-7-4-5-8-16(14)20-17-9-12-22(3)13-15(17)18/h4-5,7-8H,6,9-13H2,1-3H3,(H,19,20). The number of benzene rings is 1. The Kier molecular flexibility index (Phi) is 4.60. The zero-order chi connectivity index (χ0) is 15.5. The molecule has 118 valence electrons. The molecule has 0 radical (unpaired) electrons. The molecule has 4 nitrogen and oxygen atoms in total. The third-order valence-electron chi connectivity index (χ3n) is 4.32. The number of nitrogens with one attached hydrogen (secondary N) is 1. The highest BCUT2D eigenvalue weighted by Crippen LogP contribution is 2.31. The Bertz CT molecular complexity index is 651. The summed E-state index contributed by atoms with van der Waals surface area (Å²) in [4.78, 5) is 9.50. The summed E-state index contributed by atoms with van der Waals surface area (Å²) in [6, 6.07) is 8.49. The molecule has 0 saturated carbocycles. The van der Waals surface area contributed by atoms with E-state index in [9.17, 15) is 0 Å². The minimum absolute atomic E-state index is 0.989. The first-order valence-electron chi connectivity index (χ1n) is 8.13. The predicted molar refractivity (Wildman–Crippen MR) is 93.4 cm³/mol. The topological polar surface area (TPSA) is 31.4 Å². The van der Waals surface area contributed by atoms with Crippen molar-refractivity contribution in [3.05, 3.63) is 35.5 Å². The molecule has 0 fully saturated rings. The zero-order valence-corrected chi connectivity index (χ0v) is 13.9. The number of anilines is 1. The molecule has 0 unspecified atom stereocenters. The lowest BCUT2D eigenvalue weighted by Crippen LogP contribution is -2.28. The molecule has 4 heteroatoms. The molecule has 0 amide bonds. The lowest BCUT2D eigenvalue weighted by molar-refractivity contribution is 0.311. The average molecular weight is 298 g/mol. The van der Waals surface area contributed by atoms with Gasteiger partial charge in [-0.05, 0) is 40.2 Å². The van der Waals surface area contributed by atoms with Gasteiger partial charge < -0.3 is 15.1 Å². The highest BCUT2D eigenvalue weighted by Gasteiger charge is 2.20. The molecule has 2 heterocycles. The van der Waals surface area contributed by atoms with Crippen LogP contribution in [-0.2, 0) is 13.0 Å². The number of rotatable bonds is 5. The lowest BCUT2D eigenvalue weighted by Gasteiger charge is -2.27. The monoisotopic (exact) mass is 298 g/mol. The average Bonchev–Trinajstić information content (AvgIpc) is 2.50. The second-order valence-electron chi connectivity index (χ2n) is 6.50. The Labute approximate surface area is 133 Å². The second kappa shape index (κ2) is 6.63. The molecule has 0 spiro atoms. The summed E-state index contributed by atoms with van der Waals surface area (Å²) in [5.74, 6) is 0. The van der Waals surface area contributed by atoms with Gasteiger partial charge >= 0.3 is 0 Å².